The largest absolute Gasteiger partial charge is 0.461 e. The molecule has 0 bridgehead atoms. The first-order valence-electron chi connectivity index (χ1n) is 15.3. The lowest BCUT2D eigenvalue weighted by molar-refractivity contribution is -0.384. The van der Waals surface area contributed by atoms with Crippen molar-refractivity contribution >= 4 is 46.3 Å². The molecule has 8 rings (SSSR count). The van der Waals surface area contributed by atoms with Gasteiger partial charge in [0.25, 0.3) is 5.69 Å². The number of furan rings is 1. The Hall–Kier alpha value is -3.98. The zero-order valence-electron chi connectivity index (χ0n) is 24.1. The maximum absolute atomic E-state index is 14.9. The number of amides is 1. The van der Waals surface area contributed by atoms with E-state index in [9.17, 15) is 19.7 Å². The first-order chi connectivity index (χ1) is 21.8. The molecular formula is C35H29Cl2N3O5. The van der Waals surface area contributed by atoms with Crippen molar-refractivity contribution in [3.8, 4) is 11.3 Å². The predicted octanol–water partition coefficient (Wildman–Crippen LogP) is 8.24. The fourth-order valence-corrected chi connectivity index (χ4v) is 9.07. The molecule has 3 aromatic carbocycles. The van der Waals surface area contributed by atoms with Crippen molar-refractivity contribution in [2.24, 2.45) is 11.8 Å². The minimum absolute atomic E-state index is 0.105. The number of nitrogens with zero attached hydrogens (tertiary/aromatic N) is 2. The number of hydrogen-bond acceptors (Lipinski definition) is 6. The van der Waals surface area contributed by atoms with Crippen LogP contribution in [-0.2, 0) is 10.3 Å². The smallest absolute Gasteiger partial charge is 0.269 e. The quantitative estimate of drug-likeness (QED) is 0.134. The third kappa shape index (κ3) is 4.22. The van der Waals surface area contributed by atoms with Crippen molar-refractivity contribution in [2.75, 3.05) is 5.32 Å². The molecule has 3 unspecified atom stereocenters. The van der Waals surface area contributed by atoms with E-state index in [0.29, 0.717) is 38.7 Å². The summed E-state index contributed by atoms with van der Waals surface area (Å²) in [5.74, 6) is -0.129. The van der Waals surface area contributed by atoms with Gasteiger partial charge in [-0.2, -0.15) is 0 Å². The van der Waals surface area contributed by atoms with E-state index >= 15 is 0 Å². The summed E-state index contributed by atoms with van der Waals surface area (Å²) in [5.41, 5.74) is 1.10. The van der Waals surface area contributed by atoms with Gasteiger partial charge in [0.1, 0.15) is 17.1 Å². The Balaban J connectivity index is 1.34. The van der Waals surface area contributed by atoms with E-state index in [1.54, 1.807) is 24.3 Å². The minimum atomic E-state index is -1.31. The van der Waals surface area contributed by atoms with Gasteiger partial charge in [-0.25, -0.2) is 0 Å². The number of benzene rings is 3. The van der Waals surface area contributed by atoms with Crippen LogP contribution >= 0.6 is 23.2 Å². The third-order valence-electron chi connectivity index (χ3n) is 10.5. The number of halogens is 2. The van der Waals surface area contributed by atoms with Gasteiger partial charge in [0.05, 0.1) is 10.8 Å². The lowest BCUT2D eigenvalue weighted by atomic mass is 9.68. The molecule has 6 atom stereocenters. The van der Waals surface area contributed by atoms with Crippen molar-refractivity contribution in [1.29, 1.82) is 0 Å². The van der Waals surface area contributed by atoms with Gasteiger partial charge in [0, 0.05) is 62.6 Å². The number of carbonyl (C=O) groups excluding carboxylic acids is 2. The predicted molar refractivity (Wildman–Crippen MR) is 171 cm³/mol. The van der Waals surface area contributed by atoms with Gasteiger partial charge in [0.15, 0.2) is 5.78 Å². The highest BCUT2D eigenvalue weighted by Crippen LogP contribution is 2.65. The molecule has 3 fully saturated rings. The number of hydrogen-bond donors (Lipinski definition) is 1. The second kappa shape index (κ2) is 10.5. The minimum Gasteiger partial charge on any atom is -0.461 e. The lowest BCUT2D eigenvalue weighted by Crippen LogP contribution is -2.56. The Morgan fingerprint density at radius 2 is 1.67 bits per heavy atom. The highest BCUT2D eigenvalue weighted by molar-refractivity contribution is 6.31. The molecule has 8 nitrogen and oxygen atoms in total. The Morgan fingerprint density at radius 1 is 0.933 bits per heavy atom. The zero-order chi connectivity index (χ0) is 31.0. The van der Waals surface area contributed by atoms with E-state index in [0.717, 1.165) is 43.2 Å². The molecule has 1 aliphatic carbocycles. The fourth-order valence-electron chi connectivity index (χ4n) is 8.78. The van der Waals surface area contributed by atoms with Crippen molar-refractivity contribution in [3.05, 3.63) is 116 Å². The van der Waals surface area contributed by atoms with Gasteiger partial charge >= 0.3 is 0 Å². The molecule has 228 valence electrons. The summed E-state index contributed by atoms with van der Waals surface area (Å²) in [6.45, 7) is 0. The molecule has 4 heterocycles. The van der Waals surface area contributed by atoms with Crippen LogP contribution in [0.2, 0.25) is 10.0 Å². The van der Waals surface area contributed by atoms with E-state index in [1.807, 2.05) is 30.3 Å². The van der Waals surface area contributed by atoms with Gasteiger partial charge in [0.2, 0.25) is 5.91 Å². The average molecular weight is 643 g/mol. The van der Waals surface area contributed by atoms with Crippen molar-refractivity contribution in [3.63, 3.8) is 0 Å². The number of nitro groups is 1. The standard InChI is InChI=1S/C35H29Cl2N3O5/c36-22-9-5-19(6-10-22)29-15-16-30(45-29)31-28-17-21-3-1-2-4-27(21)39(28)35(25-14-11-23(37)18-26(25)38-34(35)42)32(31)33(41)20-7-12-24(13-8-20)40(43)44/h5-16,18,21,27-28,31-32H,1-4,17H2,(H,38,42)/t21?,27?,28?,31-,32+,35-/m0/s1. The van der Waals surface area contributed by atoms with Gasteiger partial charge in [-0.05, 0) is 85.8 Å². The van der Waals surface area contributed by atoms with E-state index in [4.69, 9.17) is 27.6 Å². The van der Waals surface area contributed by atoms with E-state index < -0.39 is 22.3 Å². The number of Topliss-reactive ketones (excluding diaryl/α,β-unsaturated/α-hetero) is 1. The second-order valence-electron chi connectivity index (χ2n) is 12.6. The molecule has 10 heteroatoms. The van der Waals surface area contributed by atoms with Gasteiger partial charge in [-0.3, -0.25) is 24.6 Å². The number of ketones is 1. The molecule has 2 saturated heterocycles. The molecule has 1 spiro atoms. The molecular weight excluding hydrogens is 613 g/mol. The van der Waals surface area contributed by atoms with Crippen molar-refractivity contribution in [2.45, 2.75) is 55.6 Å². The summed E-state index contributed by atoms with van der Waals surface area (Å²) in [7, 11) is 0. The summed E-state index contributed by atoms with van der Waals surface area (Å²) in [5, 5.41) is 15.6. The van der Waals surface area contributed by atoms with Crippen LogP contribution in [0.15, 0.2) is 83.3 Å². The molecule has 45 heavy (non-hydrogen) atoms. The SMILES string of the molecule is O=C(c1ccc([N+](=O)[O-])cc1)[C@H]1[C@H](c2ccc(-c3ccc(Cl)cc3)o2)C2CC3CCCCC3N2[C@]12C(=O)Nc1cc(Cl)ccc12. The first-order valence-corrected chi connectivity index (χ1v) is 16.1. The summed E-state index contributed by atoms with van der Waals surface area (Å²) >= 11 is 12.6. The van der Waals surface area contributed by atoms with Crippen LogP contribution < -0.4 is 5.32 Å². The maximum atomic E-state index is 14.9. The van der Waals surface area contributed by atoms with Crippen LogP contribution in [-0.4, -0.2) is 33.6 Å². The van der Waals surface area contributed by atoms with Crippen LogP contribution in [0.25, 0.3) is 11.3 Å². The fraction of sp³-hybridized carbons (Fsp3) is 0.314. The Bertz CT molecular complexity index is 1860. The summed E-state index contributed by atoms with van der Waals surface area (Å²) in [6.07, 6.45) is 5.06. The maximum Gasteiger partial charge on any atom is 0.269 e. The third-order valence-corrected chi connectivity index (χ3v) is 11.0. The summed E-state index contributed by atoms with van der Waals surface area (Å²) in [4.78, 5) is 42.9. The highest BCUT2D eigenvalue weighted by Gasteiger charge is 2.73. The normalized spacial score (nSPS) is 28.5. The topological polar surface area (TPSA) is 106 Å². The Kier molecular flexibility index (Phi) is 6.68. The number of carbonyl (C=O) groups is 2. The summed E-state index contributed by atoms with van der Waals surface area (Å²) < 4.78 is 6.60. The lowest BCUT2D eigenvalue weighted by Gasteiger charge is -2.43. The van der Waals surface area contributed by atoms with Crippen molar-refractivity contribution in [1.82, 2.24) is 4.90 Å². The molecule has 1 saturated carbocycles. The number of nitrogens with one attached hydrogen (secondary N) is 1. The number of fused-ring (bicyclic) bond motifs is 6. The second-order valence-corrected chi connectivity index (χ2v) is 13.5. The van der Waals surface area contributed by atoms with Crippen LogP contribution in [0.5, 0.6) is 0 Å². The summed E-state index contributed by atoms with van der Waals surface area (Å²) in [6, 6.07) is 22.3. The number of anilines is 1. The van der Waals surface area contributed by atoms with Crippen LogP contribution in [0, 0.1) is 22.0 Å². The van der Waals surface area contributed by atoms with Crippen LogP contribution in [0.1, 0.15) is 59.7 Å². The van der Waals surface area contributed by atoms with E-state index in [-0.39, 0.29) is 29.5 Å². The molecule has 1 amide bonds. The molecule has 3 aliphatic heterocycles. The molecule has 1 N–H and O–H groups in total. The first kappa shape index (κ1) is 28.5. The van der Waals surface area contributed by atoms with Crippen LogP contribution in [0.3, 0.4) is 0 Å². The van der Waals surface area contributed by atoms with Gasteiger partial charge in [-0.1, -0.05) is 42.1 Å². The Labute approximate surface area is 269 Å². The number of rotatable bonds is 5. The molecule has 1 aromatic heterocycles. The Morgan fingerprint density at radius 3 is 2.42 bits per heavy atom. The number of non-ortho nitro benzene ring substituents is 1. The average Bonchev–Trinajstić information content (AvgIpc) is 3.79. The molecule has 4 aromatic rings. The monoisotopic (exact) mass is 641 g/mol. The van der Waals surface area contributed by atoms with E-state index in [2.05, 4.69) is 10.2 Å². The van der Waals surface area contributed by atoms with Crippen molar-refractivity contribution < 1.29 is 18.9 Å². The molecule has 0 radical (unpaired) electrons. The van der Waals surface area contributed by atoms with Crippen LogP contribution in [0.4, 0.5) is 11.4 Å². The van der Waals surface area contributed by atoms with E-state index in [1.165, 1.54) is 24.3 Å². The number of nitro benzene ring substituents is 1. The zero-order valence-corrected chi connectivity index (χ0v) is 25.6. The highest BCUT2D eigenvalue weighted by atomic mass is 35.5. The van der Waals surface area contributed by atoms with Gasteiger partial charge in [-0.15, -0.1) is 0 Å². The molecule has 4 aliphatic rings. The van der Waals surface area contributed by atoms with Gasteiger partial charge < -0.3 is 9.73 Å².